The van der Waals surface area contributed by atoms with Crippen LogP contribution < -0.4 is 0 Å². The summed E-state index contributed by atoms with van der Waals surface area (Å²) in [6.45, 7) is 0. The third-order valence-corrected chi connectivity index (χ3v) is 4.46. The number of aliphatic hydroxyl groups excluding tert-OH is 1. The number of rotatable bonds is 0. The Bertz CT molecular complexity index is 179. The first-order chi connectivity index (χ1) is 4.79. The van der Waals surface area contributed by atoms with E-state index in [1.807, 2.05) is 0 Å². The molecule has 0 aromatic carbocycles. The van der Waals surface area contributed by atoms with Crippen molar-refractivity contribution in [1.82, 2.24) is 0 Å². The molecule has 0 heterocycles. The maximum atomic E-state index is 9.59. The van der Waals surface area contributed by atoms with Gasteiger partial charge in [-0.1, -0.05) is 0 Å². The molecule has 3 aliphatic carbocycles. The van der Waals surface area contributed by atoms with Gasteiger partial charge in [-0.05, 0) is 43.9 Å². The summed E-state index contributed by atoms with van der Waals surface area (Å²) in [7, 11) is 0. The summed E-state index contributed by atoms with van der Waals surface area (Å²) in [5.41, 5.74) is 1.15. The number of hydrogen-bond donors (Lipinski definition) is 1. The van der Waals surface area contributed by atoms with E-state index in [1.165, 1.54) is 32.1 Å². The summed E-state index contributed by atoms with van der Waals surface area (Å²) in [4.78, 5) is 0. The van der Waals surface area contributed by atoms with Crippen molar-refractivity contribution in [2.24, 2.45) is 10.8 Å². The highest BCUT2D eigenvalue weighted by Crippen LogP contribution is 2.77. The van der Waals surface area contributed by atoms with Crippen LogP contribution in [0.5, 0.6) is 0 Å². The molecule has 0 aliphatic heterocycles. The fraction of sp³-hybridized carbons (Fsp3) is 1.00. The van der Waals surface area contributed by atoms with Gasteiger partial charge in [0.2, 0.25) is 0 Å². The van der Waals surface area contributed by atoms with Crippen molar-refractivity contribution in [3.63, 3.8) is 0 Å². The normalized spacial score (nSPS) is 54.3. The Morgan fingerprint density at radius 2 is 1.70 bits per heavy atom. The van der Waals surface area contributed by atoms with Crippen LogP contribution in [0.1, 0.15) is 38.5 Å². The Morgan fingerprint density at radius 3 is 1.80 bits per heavy atom. The highest BCUT2D eigenvalue weighted by Gasteiger charge is 2.70. The van der Waals surface area contributed by atoms with E-state index >= 15 is 0 Å². The van der Waals surface area contributed by atoms with Gasteiger partial charge in [0.1, 0.15) is 0 Å². The van der Waals surface area contributed by atoms with Crippen molar-refractivity contribution in [2.75, 3.05) is 0 Å². The zero-order valence-corrected chi connectivity index (χ0v) is 6.27. The fourth-order valence-electron chi connectivity index (χ4n) is 3.23. The van der Waals surface area contributed by atoms with Crippen molar-refractivity contribution in [3.05, 3.63) is 0 Å². The lowest BCUT2D eigenvalue weighted by atomic mass is 9.46. The lowest BCUT2D eigenvalue weighted by Crippen LogP contribution is -2.57. The molecule has 2 atom stereocenters. The summed E-state index contributed by atoms with van der Waals surface area (Å²) in [5.74, 6) is 0. The Kier molecular flexibility index (Phi) is 0.722. The van der Waals surface area contributed by atoms with Crippen LogP contribution in [-0.2, 0) is 0 Å². The van der Waals surface area contributed by atoms with Crippen molar-refractivity contribution < 1.29 is 5.11 Å². The molecule has 0 aromatic heterocycles. The standard InChI is InChI=1S/C9H14O/c10-7-1-2-9(7)6-5-8(9)3-4-8/h7,10H,1-6H2/t7-,9-/m1/s1. The third kappa shape index (κ3) is 0.355. The molecule has 2 spiro atoms. The number of fused-ring (bicyclic) bond motifs is 1. The topological polar surface area (TPSA) is 20.2 Å². The van der Waals surface area contributed by atoms with Gasteiger partial charge >= 0.3 is 0 Å². The summed E-state index contributed by atoms with van der Waals surface area (Å²) in [6, 6.07) is 0. The predicted molar refractivity (Wildman–Crippen MR) is 38.6 cm³/mol. The van der Waals surface area contributed by atoms with Crippen molar-refractivity contribution in [1.29, 1.82) is 0 Å². The smallest absolute Gasteiger partial charge is 0.0602 e. The van der Waals surface area contributed by atoms with Gasteiger partial charge in [-0.3, -0.25) is 0 Å². The quantitative estimate of drug-likeness (QED) is 0.540. The molecule has 1 nitrogen and oxygen atoms in total. The van der Waals surface area contributed by atoms with Crippen molar-refractivity contribution in [2.45, 2.75) is 44.6 Å². The number of aliphatic hydroxyl groups is 1. The summed E-state index contributed by atoms with van der Waals surface area (Å²) >= 11 is 0. The van der Waals surface area contributed by atoms with Crippen molar-refractivity contribution in [3.8, 4) is 0 Å². The minimum Gasteiger partial charge on any atom is -0.393 e. The average molecular weight is 138 g/mol. The van der Waals surface area contributed by atoms with Crippen LogP contribution in [0.15, 0.2) is 0 Å². The maximum absolute atomic E-state index is 9.59. The lowest BCUT2D eigenvalue weighted by molar-refractivity contribution is -0.175. The number of hydrogen-bond acceptors (Lipinski definition) is 1. The van der Waals surface area contributed by atoms with Crippen LogP contribution in [-0.4, -0.2) is 11.2 Å². The first-order valence-electron chi connectivity index (χ1n) is 4.47. The predicted octanol–water partition coefficient (Wildman–Crippen LogP) is 1.70. The molecule has 0 bridgehead atoms. The largest absolute Gasteiger partial charge is 0.393 e. The van der Waals surface area contributed by atoms with Gasteiger partial charge in [0.15, 0.2) is 0 Å². The Labute approximate surface area is 61.4 Å². The molecule has 10 heavy (non-hydrogen) atoms. The van der Waals surface area contributed by atoms with Gasteiger partial charge < -0.3 is 5.11 Å². The van der Waals surface area contributed by atoms with Crippen LogP contribution in [0.25, 0.3) is 0 Å². The molecule has 56 valence electrons. The van der Waals surface area contributed by atoms with Gasteiger partial charge in [0.05, 0.1) is 6.10 Å². The Balaban J connectivity index is 1.91. The molecule has 0 saturated heterocycles. The first kappa shape index (κ1) is 5.59. The minimum absolute atomic E-state index is 0.0868. The van der Waals surface area contributed by atoms with Gasteiger partial charge in [-0.25, -0.2) is 0 Å². The second-order valence-corrected chi connectivity index (χ2v) is 4.49. The summed E-state index contributed by atoms with van der Waals surface area (Å²) in [5, 5.41) is 9.59. The van der Waals surface area contributed by atoms with E-state index in [2.05, 4.69) is 0 Å². The average Bonchev–Trinajstić information content (AvgIpc) is 2.62. The SMILES string of the molecule is O[C@@H]1CC[C@@]12CCC21CC1. The molecule has 1 heteroatoms. The molecule has 0 radical (unpaired) electrons. The summed E-state index contributed by atoms with van der Waals surface area (Å²) in [6.07, 6.45) is 8.09. The van der Waals surface area contributed by atoms with E-state index in [9.17, 15) is 5.11 Å². The second kappa shape index (κ2) is 1.29. The minimum atomic E-state index is 0.0868. The molecule has 3 rings (SSSR count). The Hall–Kier alpha value is -0.0400. The van der Waals surface area contributed by atoms with Gasteiger partial charge in [0, 0.05) is 5.41 Å². The molecule has 3 fully saturated rings. The highest BCUT2D eigenvalue weighted by atomic mass is 16.3. The molecule has 0 amide bonds. The van der Waals surface area contributed by atoms with Gasteiger partial charge in [-0.15, -0.1) is 0 Å². The van der Waals surface area contributed by atoms with E-state index in [1.54, 1.807) is 0 Å². The molecular formula is C9H14O. The van der Waals surface area contributed by atoms with Crippen LogP contribution in [0.4, 0.5) is 0 Å². The van der Waals surface area contributed by atoms with E-state index in [0.29, 0.717) is 10.8 Å². The fourth-order valence-corrected chi connectivity index (χ4v) is 3.23. The van der Waals surface area contributed by atoms with Crippen LogP contribution in [0.2, 0.25) is 0 Å². The van der Waals surface area contributed by atoms with E-state index in [-0.39, 0.29) is 6.10 Å². The van der Waals surface area contributed by atoms with E-state index in [0.717, 1.165) is 6.42 Å². The van der Waals surface area contributed by atoms with E-state index in [4.69, 9.17) is 0 Å². The van der Waals surface area contributed by atoms with Crippen LogP contribution >= 0.6 is 0 Å². The molecule has 3 aliphatic rings. The molecule has 0 unspecified atom stereocenters. The Morgan fingerprint density at radius 1 is 1.00 bits per heavy atom. The monoisotopic (exact) mass is 138 g/mol. The maximum Gasteiger partial charge on any atom is 0.0602 e. The molecular weight excluding hydrogens is 124 g/mol. The van der Waals surface area contributed by atoms with Gasteiger partial charge in [0.25, 0.3) is 0 Å². The summed E-state index contributed by atoms with van der Waals surface area (Å²) < 4.78 is 0. The van der Waals surface area contributed by atoms with Crippen LogP contribution in [0.3, 0.4) is 0 Å². The lowest BCUT2D eigenvalue weighted by Gasteiger charge is -2.60. The van der Waals surface area contributed by atoms with Gasteiger partial charge in [-0.2, -0.15) is 0 Å². The molecule has 3 saturated carbocycles. The molecule has 1 N–H and O–H groups in total. The van der Waals surface area contributed by atoms with Crippen molar-refractivity contribution >= 4 is 0 Å². The zero-order valence-electron chi connectivity index (χ0n) is 6.27. The van der Waals surface area contributed by atoms with E-state index < -0.39 is 0 Å². The first-order valence-corrected chi connectivity index (χ1v) is 4.47. The molecule has 0 aromatic rings. The second-order valence-electron chi connectivity index (χ2n) is 4.49. The highest BCUT2D eigenvalue weighted by molar-refractivity contribution is 5.20. The third-order valence-electron chi connectivity index (χ3n) is 4.46. The zero-order chi connectivity index (χ0) is 6.82. The van der Waals surface area contributed by atoms with Crippen LogP contribution in [0, 0.1) is 10.8 Å².